The fourth-order valence-electron chi connectivity index (χ4n) is 2.77. The van der Waals surface area contributed by atoms with Crippen LogP contribution in [-0.2, 0) is 16.1 Å². The molecule has 1 saturated carbocycles. The minimum Gasteiger partial charge on any atom is -0.378 e. The van der Waals surface area contributed by atoms with Crippen LogP contribution in [0.4, 0.5) is 0 Å². The number of rotatable bonds is 5. The summed E-state index contributed by atoms with van der Waals surface area (Å²) >= 11 is 1.53. The average Bonchev–Trinajstić information content (AvgIpc) is 2.90. The second-order valence-corrected chi connectivity index (χ2v) is 6.70. The molecule has 128 valence electrons. The zero-order valence-corrected chi connectivity index (χ0v) is 15.8. The van der Waals surface area contributed by atoms with Crippen LogP contribution in [0, 0.1) is 5.41 Å². The molecule has 2 atom stereocenters. The topological polar surface area (TPSA) is 68.5 Å². The quantitative estimate of drug-likeness (QED) is 0.865. The summed E-state index contributed by atoms with van der Waals surface area (Å²) in [4.78, 5) is 18.5. The zero-order valence-electron chi connectivity index (χ0n) is 13.4. The van der Waals surface area contributed by atoms with Gasteiger partial charge in [0.15, 0.2) is 0 Å². The first-order valence-corrected chi connectivity index (χ1v) is 7.80. The Morgan fingerprint density at radius 1 is 1.55 bits per heavy atom. The zero-order chi connectivity index (χ0) is 15.0. The van der Waals surface area contributed by atoms with Crippen molar-refractivity contribution in [3.05, 3.63) is 16.6 Å². The average molecular weight is 370 g/mol. The van der Waals surface area contributed by atoms with Gasteiger partial charge in [0.1, 0.15) is 5.54 Å². The number of hydrogen-bond acceptors (Lipinski definition) is 5. The van der Waals surface area contributed by atoms with Gasteiger partial charge in [-0.3, -0.25) is 4.79 Å². The van der Waals surface area contributed by atoms with Crippen molar-refractivity contribution in [1.29, 1.82) is 0 Å². The summed E-state index contributed by atoms with van der Waals surface area (Å²) in [6.07, 6.45) is 0.628. The molecule has 0 aliphatic heterocycles. The van der Waals surface area contributed by atoms with E-state index in [4.69, 9.17) is 10.5 Å². The van der Waals surface area contributed by atoms with Crippen LogP contribution < -0.4 is 5.73 Å². The highest BCUT2D eigenvalue weighted by Gasteiger charge is 2.63. The number of aromatic nitrogens is 1. The molecule has 1 aromatic heterocycles. The number of likely N-dealkylation sites (N-methyl/N-ethyl adjacent to an activating group) is 1. The van der Waals surface area contributed by atoms with Gasteiger partial charge in [-0.05, 0) is 6.92 Å². The summed E-state index contributed by atoms with van der Waals surface area (Å²) in [5, 5.41) is 1.95. The third-order valence-corrected chi connectivity index (χ3v) is 5.08. The molecule has 5 nitrogen and oxygen atoms in total. The van der Waals surface area contributed by atoms with E-state index in [1.54, 1.807) is 17.5 Å². The molecule has 1 amide bonds. The van der Waals surface area contributed by atoms with Gasteiger partial charge in [-0.15, -0.1) is 36.2 Å². The van der Waals surface area contributed by atoms with Gasteiger partial charge in [-0.25, -0.2) is 4.98 Å². The number of thiazole rings is 1. The normalized spacial score (nSPS) is 25.4. The highest BCUT2D eigenvalue weighted by atomic mass is 35.5. The second-order valence-electron chi connectivity index (χ2n) is 5.98. The summed E-state index contributed by atoms with van der Waals surface area (Å²) in [7, 11) is 1.78. The Morgan fingerprint density at radius 3 is 2.64 bits per heavy atom. The Balaban J connectivity index is 0.00000220. The summed E-state index contributed by atoms with van der Waals surface area (Å²) in [5.41, 5.74) is 7.85. The summed E-state index contributed by atoms with van der Waals surface area (Å²) in [6, 6.07) is 0. The molecular formula is C14H25Cl2N3O2S. The van der Waals surface area contributed by atoms with Crippen molar-refractivity contribution in [2.24, 2.45) is 11.1 Å². The highest BCUT2D eigenvalue weighted by molar-refractivity contribution is 7.07. The lowest BCUT2D eigenvalue weighted by Crippen LogP contribution is -2.75. The second kappa shape index (κ2) is 7.93. The SMILES string of the molecule is CCOC1CC(N)(C(=O)N(C)Cc2cscn2)C1(C)C.Cl.Cl. The molecule has 0 bridgehead atoms. The van der Waals surface area contributed by atoms with Crippen molar-refractivity contribution in [2.45, 2.75) is 45.4 Å². The molecule has 2 unspecified atom stereocenters. The maximum absolute atomic E-state index is 12.7. The maximum atomic E-state index is 12.7. The monoisotopic (exact) mass is 369 g/mol. The van der Waals surface area contributed by atoms with E-state index in [-0.39, 0.29) is 42.2 Å². The van der Waals surface area contributed by atoms with E-state index in [0.717, 1.165) is 5.69 Å². The van der Waals surface area contributed by atoms with Crippen LogP contribution in [0.15, 0.2) is 10.9 Å². The van der Waals surface area contributed by atoms with Gasteiger partial charge >= 0.3 is 0 Å². The van der Waals surface area contributed by atoms with Crippen molar-refractivity contribution >= 4 is 42.1 Å². The number of nitrogens with two attached hydrogens (primary N) is 1. The Morgan fingerprint density at radius 2 is 2.18 bits per heavy atom. The third kappa shape index (κ3) is 3.57. The Bertz CT molecular complexity index is 484. The van der Waals surface area contributed by atoms with Gasteiger partial charge in [0, 0.05) is 30.9 Å². The number of carbonyl (C=O) groups is 1. The molecule has 1 heterocycles. The number of halogens is 2. The standard InChI is InChI=1S/C14H23N3O2S.2ClH/c1-5-19-11-6-14(15,13(11,2)3)12(18)17(4)7-10-8-20-9-16-10;;/h8-9,11H,5-7,15H2,1-4H3;2*1H. The largest absolute Gasteiger partial charge is 0.378 e. The van der Waals surface area contributed by atoms with E-state index in [9.17, 15) is 4.79 Å². The Hall–Kier alpha value is -0.400. The van der Waals surface area contributed by atoms with Crippen LogP contribution in [0.1, 0.15) is 32.9 Å². The van der Waals surface area contributed by atoms with E-state index >= 15 is 0 Å². The van der Waals surface area contributed by atoms with Gasteiger partial charge in [0.25, 0.3) is 0 Å². The van der Waals surface area contributed by atoms with Crippen molar-refractivity contribution in [3.63, 3.8) is 0 Å². The van der Waals surface area contributed by atoms with Gasteiger partial charge in [-0.2, -0.15) is 0 Å². The lowest BCUT2D eigenvalue weighted by Gasteiger charge is -2.58. The van der Waals surface area contributed by atoms with Crippen molar-refractivity contribution in [3.8, 4) is 0 Å². The molecule has 0 aromatic carbocycles. The number of hydrogen-bond donors (Lipinski definition) is 1. The van der Waals surface area contributed by atoms with Gasteiger partial charge in [0.2, 0.25) is 5.91 Å². The molecule has 0 saturated heterocycles. The minimum absolute atomic E-state index is 0. The van der Waals surface area contributed by atoms with E-state index in [0.29, 0.717) is 19.6 Å². The maximum Gasteiger partial charge on any atom is 0.243 e. The van der Waals surface area contributed by atoms with Crippen molar-refractivity contribution in [1.82, 2.24) is 9.88 Å². The summed E-state index contributed by atoms with van der Waals surface area (Å²) < 4.78 is 5.66. The number of carbonyl (C=O) groups excluding carboxylic acids is 1. The summed E-state index contributed by atoms with van der Waals surface area (Å²) in [6.45, 7) is 7.11. The number of ether oxygens (including phenoxy) is 1. The van der Waals surface area contributed by atoms with Crippen LogP contribution >= 0.6 is 36.2 Å². The predicted octanol–water partition coefficient (Wildman–Crippen LogP) is 2.48. The van der Waals surface area contributed by atoms with Gasteiger partial charge in [-0.1, -0.05) is 13.8 Å². The van der Waals surface area contributed by atoms with E-state index < -0.39 is 5.54 Å². The Kier molecular flexibility index (Phi) is 7.78. The fraction of sp³-hybridized carbons (Fsp3) is 0.714. The van der Waals surface area contributed by atoms with E-state index in [1.165, 1.54) is 11.3 Å². The van der Waals surface area contributed by atoms with Crippen molar-refractivity contribution in [2.75, 3.05) is 13.7 Å². The molecule has 2 rings (SSSR count). The number of nitrogens with zero attached hydrogens (tertiary/aromatic N) is 2. The van der Waals surface area contributed by atoms with Crippen LogP contribution in [0.2, 0.25) is 0 Å². The molecular weight excluding hydrogens is 345 g/mol. The molecule has 2 N–H and O–H groups in total. The first-order chi connectivity index (χ1) is 9.33. The van der Waals surface area contributed by atoms with E-state index in [1.807, 2.05) is 26.2 Å². The molecule has 1 aliphatic carbocycles. The van der Waals surface area contributed by atoms with Gasteiger partial charge < -0.3 is 15.4 Å². The first-order valence-electron chi connectivity index (χ1n) is 6.86. The smallest absolute Gasteiger partial charge is 0.243 e. The lowest BCUT2D eigenvalue weighted by molar-refractivity contribution is -0.178. The third-order valence-electron chi connectivity index (χ3n) is 4.44. The molecule has 1 fully saturated rings. The molecule has 22 heavy (non-hydrogen) atoms. The first kappa shape index (κ1) is 21.6. The highest BCUT2D eigenvalue weighted by Crippen LogP contribution is 2.50. The van der Waals surface area contributed by atoms with Crippen LogP contribution in [0.25, 0.3) is 0 Å². The molecule has 1 aromatic rings. The van der Waals surface area contributed by atoms with Crippen LogP contribution in [0.3, 0.4) is 0 Å². The Labute approximate surface area is 148 Å². The lowest BCUT2D eigenvalue weighted by atomic mass is 9.54. The molecule has 0 radical (unpaired) electrons. The molecule has 8 heteroatoms. The van der Waals surface area contributed by atoms with Crippen LogP contribution in [0.5, 0.6) is 0 Å². The van der Waals surface area contributed by atoms with Crippen LogP contribution in [-0.4, -0.2) is 41.1 Å². The molecule has 1 aliphatic rings. The number of amides is 1. The predicted molar refractivity (Wildman–Crippen MR) is 93.8 cm³/mol. The fourth-order valence-corrected chi connectivity index (χ4v) is 3.32. The van der Waals surface area contributed by atoms with E-state index in [2.05, 4.69) is 4.98 Å². The summed E-state index contributed by atoms with van der Waals surface area (Å²) in [5.74, 6) is -0.0357. The van der Waals surface area contributed by atoms with Gasteiger partial charge in [0.05, 0.1) is 23.9 Å². The minimum atomic E-state index is -0.850. The molecule has 0 spiro atoms. The van der Waals surface area contributed by atoms with Crippen molar-refractivity contribution < 1.29 is 9.53 Å².